The minimum absolute atomic E-state index is 0.0577. The summed E-state index contributed by atoms with van der Waals surface area (Å²) >= 11 is 0. The lowest BCUT2D eigenvalue weighted by Crippen LogP contribution is -2.73. The van der Waals surface area contributed by atoms with Crippen LogP contribution in [0.4, 0.5) is 4.79 Å². The van der Waals surface area contributed by atoms with E-state index in [0.717, 1.165) is 50.0 Å². The molecular formula is C23H26N2O2. The summed E-state index contributed by atoms with van der Waals surface area (Å²) in [5.74, 6) is 0.476. The summed E-state index contributed by atoms with van der Waals surface area (Å²) in [7, 11) is 0. The van der Waals surface area contributed by atoms with Crippen LogP contribution in [-0.2, 0) is 6.42 Å². The van der Waals surface area contributed by atoms with Gasteiger partial charge in [0.1, 0.15) is 12.1 Å². The van der Waals surface area contributed by atoms with Crippen LogP contribution >= 0.6 is 0 Å². The molecule has 2 bridgehead atoms. The van der Waals surface area contributed by atoms with Crippen molar-refractivity contribution in [1.82, 2.24) is 4.90 Å². The summed E-state index contributed by atoms with van der Waals surface area (Å²) in [6.07, 6.45) is 2.12. The highest BCUT2D eigenvalue weighted by Gasteiger charge is 2.55. The monoisotopic (exact) mass is 362 g/mol. The van der Waals surface area contributed by atoms with Crippen LogP contribution in [0.3, 0.4) is 0 Å². The molecule has 1 amide bonds. The van der Waals surface area contributed by atoms with Crippen LogP contribution in [0, 0.1) is 5.92 Å². The fourth-order valence-corrected chi connectivity index (χ4v) is 5.94. The SMILES string of the molecule is O=C([O-])[N+]1(C2CN3CCC2CC3)CCc2ccccc2C1c1ccccc1. The molecule has 0 aliphatic carbocycles. The Morgan fingerprint density at radius 1 is 1.00 bits per heavy atom. The van der Waals surface area contributed by atoms with Gasteiger partial charge in [-0.05, 0) is 31.5 Å². The molecule has 2 aromatic rings. The number of rotatable bonds is 2. The molecule has 6 rings (SSSR count). The third-order valence-electron chi connectivity index (χ3n) is 7.23. The number of amides is 1. The van der Waals surface area contributed by atoms with Crippen molar-refractivity contribution in [3.63, 3.8) is 0 Å². The molecule has 4 aliphatic heterocycles. The largest absolute Gasteiger partial charge is 0.498 e. The number of carboxylic acid groups (broad SMARTS) is 1. The molecule has 140 valence electrons. The van der Waals surface area contributed by atoms with Crippen molar-refractivity contribution < 1.29 is 14.4 Å². The van der Waals surface area contributed by atoms with Crippen LogP contribution in [0.1, 0.15) is 35.6 Å². The van der Waals surface area contributed by atoms with Gasteiger partial charge in [0.05, 0.1) is 13.1 Å². The van der Waals surface area contributed by atoms with E-state index in [0.29, 0.717) is 12.5 Å². The van der Waals surface area contributed by atoms with E-state index >= 15 is 0 Å². The average molecular weight is 362 g/mol. The Hall–Kier alpha value is -2.17. The van der Waals surface area contributed by atoms with E-state index in [1.807, 2.05) is 24.3 Å². The second kappa shape index (κ2) is 6.47. The summed E-state index contributed by atoms with van der Waals surface area (Å²) in [6, 6.07) is 18.5. The Bertz CT molecular complexity index is 844. The maximum Gasteiger partial charge on any atom is 0.258 e. The molecule has 3 fully saturated rings. The summed E-state index contributed by atoms with van der Waals surface area (Å²) in [5, 5.41) is 12.9. The summed E-state index contributed by atoms with van der Waals surface area (Å²) in [4.78, 5) is 15.3. The first-order valence-corrected chi connectivity index (χ1v) is 10.1. The highest BCUT2D eigenvalue weighted by atomic mass is 16.4. The molecule has 0 saturated carbocycles. The quantitative estimate of drug-likeness (QED) is 0.772. The smallest absolute Gasteiger partial charge is 0.258 e. The van der Waals surface area contributed by atoms with Crippen LogP contribution in [-0.4, -0.2) is 47.7 Å². The molecule has 4 nitrogen and oxygen atoms in total. The topological polar surface area (TPSA) is 43.4 Å². The highest BCUT2D eigenvalue weighted by Crippen LogP contribution is 2.47. The molecule has 2 aromatic carbocycles. The number of nitrogens with zero attached hydrogens (tertiary/aromatic N) is 2. The fourth-order valence-electron chi connectivity index (χ4n) is 5.94. The Balaban J connectivity index is 1.70. The Morgan fingerprint density at radius 3 is 2.37 bits per heavy atom. The van der Waals surface area contributed by atoms with Gasteiger partial charge in [0.15, 0.2) is 0 Å². The number of fused-ring (bicyclic) bond motifs is 4. The first-order valence-electron chi connectivity index (χ1n) is 10.1. The van der Waals surface area contributed by atoms with Crippen molar-refractivity contribution in [2.24, 2.45) is 5.92 Å². The normalized spacial score (nSPS) is 34.8. The molecule has 0 N–H and O–H groups in total. The molecular weight excluding hydrogens is 336 g/mol. The molecule has 27 heavy (non-hydrogen) atoms. The second-order valence-electron chi connectivity index (χ2n) is 8.39. The third kappa shape index (κ3) is 2.54. The zero-order valence-corrected chi connectivity index (χ0v) is 15.6. The maximum absolute atomic E-state index is 12.9. The Morgan fingerprint density at radius 2 is 1.70 bits per heavy atom. The summed E-state index contributed by atoms with van der Waals surface area (Å²) < 4.78 is 0.0577. The van der Waals surface area contributed by atoms with Crippen LogP contribution in [0.5, 0.6) is 0 Å². The van der Waals surface area contributed by atoms with E-state index in [-0.39, 0.29) is 16.6 Å². The lowest BCUT2D eigenvalue weighted by Gasteiger charge is -2.58. The lowest BCUT2D eigenvalue weighted by molar-refractivity contribution is -0.929. The number of benzene rings is 2. The number of piperidine rings is 3. The van der Waals surface area contributed by atoms with E-state index in [9.17, 15) is 9.90 Å². The van der Waals surface area contributed by atoms with Crippen molar-refractivity contribution in [2.45, 2.75) is 31.3 Å². The van der Waals surface area contributed by atoms with Crippen LogP contribution in [0.25, 0.3) is 0 Å². The fraction of sp³-hybridized carbons (Fsp3) is 0.435. The van der Waals surface area contributed by atoms with Crippen molar-refractivity contribution in [3.8, 4) is 0 Å². The van der Waals surface area contributed by atoms with Gasteiger partial charge < -0.3 is 9.90 Å². The van der Waals surface area contributed by atoms with Crippen LogP contribution in [0.2, 0.25) is 0 Å². The van der Waals surface area contributed by atoms with Crippen LogP contribution in [0.15, 0.2) is 54.6 Å². The number of carbonyl (C=O) groups excluding carboxylic acids is 1. The molecule has 3 saturated heterocycles. The van der Waals surface area contributed by atoms with E-state index < -0.39 is 6.09 Å². The lowest BCUT2D eigenvalue weighted by atomic mass is 9.77. The molecule has 3 unspecified atom stereocenters. The second-order valence-corrected chi connectivity index (χ2v) is 8.39. The summed E-state index contributed by atoms with van der Waals surface area (Å²) in [6.45, 7) is 3.72. The number of hydrogen-bond acceptors (Lipinski definition) is 3. The predicted octanol–water partition coefficient (Wildman–Crippen LogP) is 2.59. The number of hydrogen-bond donors (Lipinski definition) is 0. The number of quaternary nitrogens is 1. The first kappa shape index (κ1) is 17.0. The molecule has 0 spiro atoms. The molecule has 3 atom stereocenters. The molecule has 4 heteroatoms. The molecule has 4 heterocycles. The van der Waals surface area contributed by atoms with E-state index in [2.05, 4.69) is 35.2 Å². The standard InChI is InChI=1S/C23H26N2O2/c26-23(27)25(21-16-24-13-10-18(21)11-14-24)15-12-17-6-4-5-9-20(17)22(25)19-7-2-1-3-8-19/h1-9,18,21-22H,10-16H2. The predicted molar refractivity (Wildman–Crippen MR) is 102 cm³/mol. The summed E-state index contributed by atoms with van der Waals surface area (Å²) in [5.41, 5.74) is 3.53. The van der Waals surface area contributed by atoms with E-state index in [1.54, 1.807) is 0 Å². The van der Waals surface area contributed by atoms with Gasteiger partial charge in [-0.3, -0.25) is 9.38 Å². The number of carbonyl (C=O) groups is 1. The van der Waals surface area contributed by atoms with Crippen molar-refractivity contribution >= 4 is 6.09 Å². The van der Waals surface area contributed by atoms with Crippen molar-refractivity contribution in [1.29, 1.82) is 0 Å². The minimum atomic E-state index is -0.905. The van der Waals surface area contributed by atoms with Gasteiger partial charge in [0.25, 0.3) is 6.09 Å². The van der Waals surface area contributed by atoms with Gasteiger partial charge in [-0.1, -0.05) is 54.6 Å². The zero-order chi connectivity index (χ0) is 18.4. The van der Waals surface area contributed by atoms with Gasteiger partial charge in [-0.15, -0.1) is 0 Å². The third-order valence-corrected chi connectivity index (χ3v) is 7.23. The first-order chi connectivity index (χ1) is 13.2. The Labute approximate surface area is 160 Å². The van der Waals surface area contributed by atoms with Gasteiger partial charge in [0.2, 0.25) is 0 Å². The average Bonchev–Trinajstić information content (AvgIpc) is 2.74. The molecule has 4 aliphatic rings. The van der Waals surface area contributed by atoms with E-state index in [1.165, 1.54) is 5.56 Å². The van der Waals surface area contributed by atoms with Crippen molar-refractivity contribution in [3.05, 3.63) is 71.3 Å². The van der Waals surface area contributed by atoms with Gasteiger partial charge in [0, 0.05) is 23.5 Å². The van der Waals surface area contributed by atoms with Crippen molar-refractivity contribution in [2.75, 3.05) is 26.2 Å². The van der Waals surface area contributed by atoms with Gasteiger partial charge in [-0.25, -0.2) is 0 Å². The minimum Gasteiger partial charge on any atom is -0.498 e. The van der Waals surface area contributed by atoms with E-state index in [4.69, 9.17) is 0 Å². The zero-order valence-electron chi connectivity index (χ0n) is 15.6. The van der Waals surface area contributed by atoms with Gasteiger partial charge >= 0.3 is 0 Å². The maximum atomic E-state index is 12.9. The molecule has 0 radical (unpaired) electrons. The van der Waals surface area contributed by atoms with Crippen LogP contribution < -0.4 is 5.11 Å². The molecule has 0 aromatic heterocycles. The van der Waals surface area contributed by atoms with Gasteiger partial charge in [-0.2, -0.15) is 0 Å². The Kier molecular flexibility index (Phi) is 4.06. The highest BCUT2D eigenvalue weighted by molar-refractivity contribution is 5.57.